The monoisotopic (exact) mass is 430 g/mol. The van der Waals surface area contributed by atoms with E-state index in [4.69, 9.17) is 9.47 Å². The summed E-state index contributed by atoms with van der Waals surface area (Å²) >= 11 is 0. The molecule has 0 bridgehead atoms. The van der Waals surface area contributed by atoms with Crippen LogP contribution in [0.3, 0.4) is 0 Å². The molecule has 0 saturated carbocycles. The predicted molar refractivity (Wildman–Crippen MR) is 124 cm³/mol. The lowest BCUT2D eigenvalue weighted by Crippen LogP contribution is -2.24. The van der Waals surface area contributed by atoms with Gasteiger partial charge in [0.05, 0.1) is 11.8 Å². The van der Waals surface area contributed by atoms with Gasteiger partial charge in [0.15, 0.2) is 6.61 Å². The molecule has 6 heteroatoms. The highest BCUT2D eigenvalue weighted by molar-refractivity contribution is 5.91. The van der Waals surface area contributed by atoms with E-state index >= 15 is 0 Å². The van der Waals surface area contributed by atoms with Crippen LogP contribution in [0.5, 0.6) is 11.5 Å². The molecule has 0 spiro atoms. The van der Waals surface area contributed by atoms with Crippen molar-refractivity contribution in [3.63, 3.8) is 0 Å². The first-order chi connectivity index (χ1) is 15.6. The Bertz CT molecular complexity index is 1030. The van der Waals surface area contributed by atoms with Crippen LogP contribution in [0.25, 0.3) is 0 Å². The number of carbonyl (C=O) groups is 2. The number of hydrazone groups is 1. The van der Waals surface area contributed by atoms with E-state index in [2.05, 4.69) is 17.5 Å². The summed E-state index contributed by atoms with van der Waals surface area (Å²) in [5.74, 6) is 0.291. The van der Waals surface area contributed by atoms with Crippen LogP contribution in [0, 0.1) is 0 Å². The summed E-state index contributed by atoms with van der Waals surface area (Å²) in [5.41, 5.74) is 4.91. The van der Waals surface area contributed by atoms with Gasteiger partial charge in [0, 0.05) is 0 Å². The molecule has 1 N–H and O–H groups in total. The molecule has 0 atom stereocenters. The summed E-state index contributed by atoms with van der Waals surface area (Å²) in [7, 11) is 0. The van der Waals surface area contributed by atoms with Crippen LogP contribution in [0.1, 0.15) is 41.3 Å². The van der Waals surface area contributed by atoms with E-state index in [0.29, 0.717) is 17.1 Å². The van der Waals surface area contributed by atoms with Crippen molar-refractivity contribution in [2.45, 2.75) is 26.2 Å². The number of unbranched alkanes of at least 4 members (excludes halogenated alkanes) is 1. The number of hydrogen-bond donors (Lipinski definition) is 1. The van der Waals surface area contributed by atoms with Gasteiger partial charge in [0.25, 0.3) is 5.91 Å². The molecule has 0 radical (unpaired) electrons. The fourth-order valence-corrected chi connectivity index (χ4v) is 2.86. The largest absolute Gasteiger partial charge is 0.484 e. The second-order valence-corrected chi connectivity index (χ2v) is 7.15. The number of amides is 1. The molecular formula is C26H26N2O4. The SMILES string of the molecule is CCCCc1ccc(OCC(=O)N/N=C/c2ccc(OC(=O)c3ccccc3)cc2)cc1. The fourth-order valence-electron chi connectivity index (χ4n) is 2.86. The molecule has 0 aromatic heterocycles. The molecule has 164 valence electrons. The van der Waals surface area contributed by atoms with Gasteiger partial charge in [-0.05, 0) is 72.5 Å². The number of esters is 1. The zero-order chi connectivity index (χ0) is 22.6. The van der Waals surface area contributed by atoms with Crippen LogP contribution >= 0.6 is 0 Å². The second kappa shape index (κ2) is 12.1. The van der Waals surface area contributed by atoms with Crippen molar-refractivity contribution in [1.82, 2.24) is 5.43 Å². The highest BCUT2D eigenvalue weighted by Gasteiger charge is 2.07. The van der Waals surface area contributed by atoms with Gasteiger partial charge in [-0.1, -0.05) is 43.7 Å². The third-order valence-corrected chi connectivity index (χ3v) is 4.62. The number of nitrogens with one attached hydrogen (secondary N) is 1. The molecule has 1 amide bonds. The molecular weight excluding hydrogens is 404 g/mol. The maximum absolute atomic E-state index is 12.1. The standard InChI is InChI=1S/C26H26N2O4/c1-2-3-7-20-10-14-23(15-11-20)31-19-25(29)28-27-18-21-12-16-24(17-13-21)32-26(30)22-8-5-4-6-9-22/h4-6,8-18H,2-3,7,19H2,1H3,(H,28,29)/b27-18+. The number of benzene rings is 3. The minimum atomic E-state index is -0.421. The fraction of sp³-hybridized carbons (Fsp3) is 0.192. The highest BCUT2D eigenvalue weighted by atomic mass is 16.5. The third kappa shape index (κ3) is 7.40. The summed E-state index contributed by atoms with van der Waals surface area (Å²) in [5, 5.41) is 3.93. The van der Waals surface area contributed by atoms with E-state index in [1.54, 1.807) is 48.5 Å². The van der Waals surface area contributed by atoms with Crippen molar-refractivity contribution in [1.29, 1.82) is 0 Å². The van der Waals surface area contributed by atoms with Gasteiger partial charge in [-0.2, -0.15) is 5.10 Å². The van der Waals surface area contributed by atoms with Crippen molar-refractivity contribution >= 4 is 18.1 Å². The number of ether oxygens (including phenoxy) is 2. The molecule has 0 fully saturated rings. The first kappa shape index (κ1) is 22.7. The topological polar surface area (TPSA) is 77.0 Å². The first-order valence-corrected chi connectivity index (χ1v) is 10.5. The molecule has 6 nitrogen and oxygen atoms in total. The Morgan fingerprint density at radius 1 is 0.906 bits per heavy atom. The predicted octanol–water partition coefficient (Wildman–Crippen LogP) is 4.78. The maximum Gasteiger partial charge on any atom is 0.343 e. The van der Waals surface area contributed by atoms with E-state index in [0.717, 1.165) is 24.8 Å². The molecule has 32 heavy (non-hydrogen) atoms. The summed E-state index contributed by atoms with van der Waals surface area (Å²) in [6.07, 6.45) is 4.86. The van der Waals surface area contributed by atoms with Gasteiger partial charge in [-0.3, -0.25) is 4.79 Å². The zero-order valence-electron chi connectivity index (χ0n) is 18.0. The Morgan fingerprint density at radius 2 is 1.59 bits per heavy atom. The van der Waals surface area contributed by atoms with Crippen LogP contribution in [0.15, 0.2) is 84.0 Å². The molecule has 0 saturated heterocycles. The Morgan fingerprint density at radius 3 is 2.28 bits per heavy atom. The summed E-state index contributed by atoms with van der Waals surface area (Å²) in [6.45, 7) is 2.04. The van der Waals surface area contributed by atoms with Crippen LogP contribution in [0.4, 0.5) is 0 Å². The van der Waals surface area contributed by atoms with Gasteiger partial charge in [0.1, 0.15) is 11.5 Å². The van der Waals surface area contributed by atoms with Gasteiger partial charge in [-0.25, -0.2) is 10.2 Å². The van der Waals surface area contributed by atoms with Crippen LogP contribution in [-0.2, 0) is 11.2 Å². The van der Waals surface area contributed by atoms with Crippen molar-refractivity contribution < 1.29 is 19.1 Å². The minimum absolute atomic E-state index is 0.125. The molecule has 3 aromatic rings. The molecule has 0 heterocycles. The van der Waals surface area contributed by atoms with Gasteiger partial charge in [0.2, 0.25) is 0 Å². The first-order valence-electron chi connectivity index (χ1n) is 10.5. The highest BCUT2D eigenvalue weighted by Crippen LogP contribution is 2.15. The van der Waals surface area contributed by atoms with Crippen molar-refractivity contribution in [3.8, 4) is 11.5 Å². The van der Waals surface area contributed by atoms with Crippen molar-refractivity contribution in [2.75, 3.05) is 6.61 Å². The van der Waals surface area contributed by atoms with Crippen LogP contribution in [0.2, 0.25) is 0 Å². The van der Waals surface area contributed by atoms with Crippen molar-refractivity contribution in [2.24, 2.45) is 5.10 Å². The quantitative estimate of drug-likeness (QED) is 0.217. The second-order valence-electron chi connectivity index (χ2n) is 7.15. The maximum atomic E-state index is 12.1. The Balaban J connectivity index is 1.41. The number of nitrogens with zero attached hydrogens (tertiary/aromatic N) is 1. The molecule has 0 aliphatic rings. The lowest BCUT2D eigenvalue weighted by atomic mass is 10.1. The number of carbonyl (C=O) groups excluding carboxylic acids is 2. The normalized spacial score (nSPS) is 10.7. The van der Waals surface area contributed by atoms with E-state index in [-0.39, 0.29) is 12.5 Å². The van der Waals surface area contributed by atoms with Crippen LogP contribution < -0.4 is 14.9 Å². The minimum Gasteiger partial charge on any atom is -0.484 e. The van der Waals surface area contributed by atoms with Gasteiger partial charge >= 0.3 is 5.97 Å². The van der Waals surface area contributed by atoms with E-state index < -0.39 is 5.97 Å². The van der Waals surface area contributed by atoms with Gasteiger partial charge in [-0.15, -0.1) is 0 Å². The zero-order valence-corrected chi connectivity index (χ0v) is 18.0. The Hall–Kier alpha value is -3.93. The van der Waals surface area contributed by atoms with E-state index in [9.17, 15) is 9.59 Å². The smallest absolute Gasteiger partial charge is 0.343 e. The molecule has 0 aliphatic carbocycles. The van der Waals surface area contributed by atoms with Crippen molar-refractivity contribution in [3.05, 3.63) is 95.6 Å². The molecule has 3 rings (SSSR count). The van der Waals surface area contributed by atoms with Crippen LogP contribution in [-0.4, -0.2) is 24.7 Å². The lowest BCUT2D eigenvalue weighted by Gasteiger charge is -2.06. The Labute approximate surface area is 187 Å². The number of aryl methyl sites for hydroxylation is 1. The Kier molecular flexibility index (Phi) is 8.57. The number of rotatable bonds is 10. The summed E-state index contributed by atoms with van der Waals surface area (Å²) in [6, 6.07) is 23.3. The number of hydrogen-bond acceptors (Lipinski definition) is 5. The van der Waals surface area contributed by atoms with E-state index in [1.807, 2.05) is 30.3 Å². The third-order valence-electron chi connectivity index (χ3n) is 4.62. The van der Waals surface area contributed by atoms with Gasteiger partial charge < -0.3 is 9.47 Å². The summed E-state index contributed by atoms with van der Waals surface area (Å²) < 4.78 is 10.8. The molecule has 0 unspecified atom stereocenters. The van der Waals surface area contributed by atoms with E-state index in [1.165, 1.54) is 11.8 Å². The average Bonchev–Trinajstić information content (AvgIpc) is 2.83. The lowest BCUT2D eigenvalue weighted by molar-refractivity contribution is -0.123. The molecule has 3 aromatic carbocycles. The average molecular weight is 431 g/mol. The summed E-state index contributed by atoms with van der Waals surface area (Å²) in [4.78, 5) is 24.0. The molecule has 0 aliphatic heterocycles.